The van der Waals surface area contributed by atoms with E-state index >= 15 is 0 Å². The zero-order valence-corrected chi connectivity index (χ0v) is 11.2. The van der Waals surface area contributed by atoms with Crippen molar-refractivity contribution in [3.63, 3.8) is 0 Å². The number of likely N-dealkylation sites (tertiary alicyclic amines) is 1. The van der Waals surface area contributed by atoms with E-state index in [0.29, 0.717) is 25.3 Å². The normalized spacial score (nSPS) is 18.6. The number of hydrogen-bond donors (Lipinski definition) is 2. The van der Waals surface area contributed by atoms with Gasteiger partial charge in [-0.1, -0.05) is 0 Å². The molecule has 0 saturated carbocycles. The Bertz CT molecular complexity index is 466. The van der Waals surface area contributed by atoms with Gasteiger partial charge in [-0.05, 0) is 30.9 Å². The van der Waals surface area contributed by atoms with E-state index in [1.54, 1.807) is 23.2 Å². The van der Waals surface area contributed by atoms with Crippen LogP contribution in [-0.4, -0.2) is 45.3 Å². The Morgan fingerprint density at radius 2 is 2.35 bits per heavy atom. The minimum atomic E-state index is -0.809. The van der Waals surface area contributed by atoms with Crippen molar-refractivity contribution < 1.29 is 14.7 Å². The number of urea groups is 1. The van der Waals surface area contributed by atoms with E-state index in [-0.39, 0.29) is 18.4 Å². The van der Waals surface area contributed by atoms with Crippen molar-refractivity contribution in [3.05, 3.63) is 24.0 Å². The fourth-order valence-corrected chi connectivity index (χ4v) is 2.37. The highest BCUT2D eigenvalue weighted by atomic mass is 16.4. The van der Waals surface area contributed by atoms with Gasteiger partial charge in [-0.15, -0.1) is 0 Å². The molecule has 2 N–H and O–H groups in total. The molecule has 1 aliphatic rings. The molecule has 108 valence electrons. The average Bonchev–Trinajstić information content (AvgIpc) is 2.45. The fraction of sp³-hybridized carbons (Fsp3) is 0.538. The summed E-state index contributed by atoms with van der Waals surface area (Å²) in [5.41, 5.74) is 0.694. The standard InChI is InChI=1S/C13H18N4O3/c18-12(19)7-10-3-2-6-17(9-10)13(20)14-8-11-4-1-5-15-16-11/h1,4-5,10H,2-3,6-9H2,(H,14,20)(H,18,19). The molecule has 2 heterocycles. The molecule has 1 fully saturated rings. The van der Waals surface area contributed by atoms with Crippen molar-refractivity contribution in [1.29, 1.82) is 0 Å². The van der Waals surface area contributed by atoms with Crippen LogP contribution in [0.25, 0.3) is 0 Å². The zero-order valence-electron chi connectivity index (χ0n) is 11.2. The van der Waals surface area contributed by atoms with Crippen LogP contribution >= 0.6 is 0 Å². The molecule has 0 aliphatic carbocycles. The number of nitrogens with zero attached hydrogens (tertiary/aromatic N) is 3. The number of carbonyl (C=O) groups is 2. The number of rotatable bonds is 4. The summed E-state index contributed by atoms with van der Waals surface area (Å²) < 4.78 is 0. The molecule has 1 aromatic rings. The third-order valence-corrected chi connectivity index (χ3v) is 3.32. The maximum absolute atomic E-state index is 12.0. The SMILES string of the molecule is O=C(O)CC1CCCN(C(=O)NCc2cccnn2)C1. The summed E-state index contributed by atoms with van der Waals surface area (Å²) in [6.45, 7) is 1.49. The van der Waals surface area contributed by atoms with Crippen LogP contribution in [0.2, 0.25) is 0 Å². The highest BCUT2D eigenvalue weighted by molar-refractivity contribution is 5.74. The summed E-state index contributed by atoms with van der Waals surface area (Å²) in [5.74, 6) is -0.764. The predicted octanol–water partition coefficient (Wildman–Crippen LogP) is 0.873. The maximum atomic E-state index is 12.0. The molecule has 2 rings (SSSR count). The first-order valence-electron chi connectivity index (χ1n) is 6.66. The van der Waals surface area contributed by atoms with E-state index in [4.69, 9.17) is 5.11 Å². The number of aliphatic carboxylic acids is 1. The molecule has 2 amide bonds. The first-order valence-corrected chi connectivity index (χ1v) is 6.66. The Balaban J connectivity index is 1.81. The first kappa shape index (κ1) is 14.2. The smallest absolute Gasteiger partial charge is 0.317 e. The van der Waals surface area contributed by atoms with Crippen LogP contribution in [0.3, 0.4) is 0 Å². The van der Waals surface area contributed by atoms with Crippen molar-refractivity contribution in [3.8, 4) is 0 Å². The van der Waals surface area contributed by atoms with E-state index < -0.39 is 5.97 Å². The van der Waals surface area contributed by atoms with Gasteiger partial charge in [-0.2, -0.15) is 10.2 Å². The van der Waals surface area contributed by atoms with Crippen LogP contribution in [0.4, 0.5) is 4.79 Å². The molecule has 1 saturated heterocycles. The van der Waals surface area contributed by atoms with Gasteiger partial charge in [0.2, 0.25) is 0 Å². The summed E-state index contributed by atoms with van der Waals surface area (Å²) in [4.78, 5) is 24.4. The van der Waals surface area contributed by atoms with E-state index in [1.165, 1.54) is 0 Å². The van der Waals surface area contributed by atoms with Crippen LogP contribution in [0.5, 0.6) is 0 Å². The van der Waals surface area contributed by atoms with Gasteiger partial charge in [0.15, 0.2) is 0 Å². The van der Waals surface area contributed by atoms with Crippen molar-refractivity contribution in [2.75, 3.05) is 13.1 Å². The van der Waals surface area contributed by atoms with Crippen molar-refractivity contribution in [2.45, 2.75) is 25.8 Å². The summed E-state index contributed by atoms with van der Waals surface area (Å²) in [6.07, 6.45) is 3.40. The van der Waals surface area contributed by atoms with Crippen LogP contribution in [0.1, 0.15) is 25.0 Å². The Hall–Kier alpha value is -2.18. The van der Waals surface area contributed by atoms with Gasteiger partial charge >= 0.3 is 12.0 Å². The largest absolute Gasteiger partial charge is 0.481 e. The minimum absolute atomic E-state index is 0.0449. The first-order chi connectivity index (χ1) is 9.65. The molecule has 1 aliphatic heterocycles. The second-order valence-corrected chi connectivity index (χ2v) is 4.93. The number of amides is 2. The molecule has 1 atom stereocenters. The highest BCUT2D eigenvalue weighted by Crippen LogP contribution is 2.19. The van der Waals surface area contributed by atoms with Gasteiger partial charge in [0, 0.05) is 25.7 Å². The second-order valence-electron chi connectivity index (χ2n) is 4.93. The lowest BCUT2D eigenvalue weighted by atomic mass is 9.95. The molecule has 20 heavy (non-hydrogen) atoms. The predicted molar refractivity (Wildman–Crippen MR) is 70.8 cm³/mol. The molecule has 1 unspecified atom stereocenters. The quantitative estimate of drug-likeness (QED) is 0.852. The van der Waals surface area contributed by atoms with Gasteiger partial charge in [0.05, 0.1) is 12.2 Å². The summed E-state index contributed by atoms with van der Waals surface area (Å²) in [6, 6.07) is 3.38. The van der Waals surface area contributed by atoms with Gasteiger partial charge in [-0.25, -0.2) is 4.79 Å². The van der Waals surface area contributed by atoms with Gasteiger partial charge in [-0.3, -0.25) is 4.79 Å². The second kappa shape index (κ2) is 6.83. The molecule has 7 heteroatoms. The van der Waals surface area contributed by atoms with Gasteiger partial charge in [0.1, 0.15) is 0 Å². The number of aromatic nitrogens is 2. The molecule has 0 bridgehead atoms. The average molecular weight is 278 g/mol. The number of nitrogens with one attached hydrogen (secondary N) is 1. The Morgan fingerprint density at radius 1 is 1.50 bits per heavy atom. The molecule has 0 aromatic carbocycles. The number of carbonyl (C=O) groups excluding carboxylic acids is 1. The maximum Gasteiger partial charge on any atom is 0.317 e. The zero-order chi connectivity index (χ0) is 14.4. The van der Waals surface area contributed by atoms with E-state index in [1.807, 2.05) is 0 Å². The van der Waals surface area contributed by atoms with Crippen molar-refractivity contribution in [1.82, 2.24) is 20.4 Å². The monoisotopic (exact) mass is 278 g/mol. The summed E-state index contributed by atoms with van der Waals surface area (Å²) in [5, 5.41) is 19.2. The Kier molecular flexibility index (Phi) is 4.86. The summed E-state index contributed by atoms with van der Waals surface area (Å²) >= 11 is 0. The van der Waals surface area contributed by atoms with E-state index in [2.05, 4.69) is 15.5 Å². The number of carboxylic acids is 1. The molecule has 1 aromatic heterocycles. The van der Waals surface area contributed by atoms with E-state index in [0.717, 1.165) is 12.8 Å². The number of carboxylic acid groups (broad SMARTS) is 1. The van der Waals surface area contributed by atoms with Gasteiger partial charge < -0.3 is 15.3 Å². The Morgan fingerprint density at radius 3 is 3.05 bits per heavy atom. The lowest BCUT2D eigenvalue weighted by molar-refractivity contribution is -0.138. The molecular weight excluding hydrogens is 260 g/mol. The lowest BCUT2D eigenvalue weighted by Gasteiger charge is -2.32. The fourth-order valence-electron chi connectivity index (χ4n) is 2.37. The van der Waals surface area contributed by atoms with Crippen LogP contribution in [-0.2, 0) is 11.3 Å². The molecule has 7 nitrogen and oxygen atoms in total. The number of hydrogen-bond acceptors (Lipinski definition) is 4. The lowest BCUT2D eigenvalue weighted by Crippen LogP contribution is -2.45. The highest BCUT2D eigenvalue weighted by Gasteiger charge is 2.25. The third kappa shape index (κ3) is 4.18. The Labute approximate surface area is 117 Å². The van der Waals surface area contributed by atoms with Crippen LogP contribution in [0, 0.1) is 5.92 Å². The minimum Gasteiger partial charge on any atom is -0.481 e. The van der Waals surface area contributed by atoms with Crippen molar-refractivity contribution in [2.24, 2.45) is 5.92 Å². The van der Waals surface area contributed by atoms with Crippen molar-refractivity contribution >= 4 is 12.0 Å². The topological polar surface area (TPSA) is 95.4 Å². The molecule has 0 radical (unpaired) electrons. The summed E-state index contributed by atoms with van der Waals surface area (Å²) in [7, 11) is 0. The van der Waals surface area contributed by atoms with E-state index in [9.17, 15) is 9.59 Å². The number of piperidine rings is 1. The van der Waals surface area contributed by atoms with Crippen LogP contribution < -0.4 is 5.32 Å². The van der Waals surface area contributed by atoms with Gasteiger partial charge in [0.25, 0.3) is 0 Å². The molecular formula is C13H18N4O3. The van der Waals surface area contributed by atoms with Crippen LogP contribution in [0.15, 0.2) is 18.3 Å². The molecule has 0 spiro atoms. The third-order valence-electron chi connectivity index (χ3n) is 3.32.